The summed E-state index contributed by atoms with van der Waals surface area (Å²) >= 11 is 0. The van der Waals surface area contributed by atoms with Crippen molar-refractivity contribution in [2.45, 2.75) is 102 Å². The molecular weight excluding hydrogens is 378 g/mol. The molecule has 30 heavy (non-hydrogen) atoms. The van der Waals surface area contributed by atoms with E-state index in [4.69, 9.17) is 11.5 Å². The first-order chi connectivity index (χ1) is 14.4. The van der Waals surface area contributed by atoms with Gasteiger partial charge in [-0.25, -0.2) is 4.99 Å². The average Bonchev–Trinajstić information content (AvgIpc) is 3.30. The Bertz CT molecular complexity index is 558. The standard InChI is InChI=1S/C12H21N3O.C7H15N.C4H7NO/c1-15-11(16)10(14-12(15)13)8-7-9-5-3-2-4-6-9;1-6-3-2-4-7(8)5-6;6-4-2-1-3-5-4/h9-10H,2-8H2,1H3,(H2,13,14);6-7H,2-5,8H2,1H3;1-3H2,(H,5,6). The van der Waals surface area contributed by atoms with Gasteiger partial charge in [-0.1, -0.05) is 51.9 Å². The SMILES string of the molecule is CC1CCCC(N)C1.CN1C(=O)C(CCC2CCCCC2)N=C1N.O=C1CCCN1. The third-order valence-electron chi connectivity index (χ3n) is 6.70. The van der Waals surface area contributed by atoms with Crippen LogP contribution in [0.1, 0.15) is 90.4 Å². The van der Waals surface area contributed by atoms with E-state index in [1.165, 1.54) is 62.7 Å². The van der Waals surface area contributed by atoms with Crippen molar-refractivity contribution in [2.24, 2.45) is 28.3 Å². The zero-order valence-electron chi connectivity index (χ0n) is 19.1. The summed E-state index contributed by atoms with van der Waals surface area (Å²) in [4.78, 5) is 27.5. The Kier molecular flexibility index (Phi) is 10.6. The van der Waals surface area contributed by atoms with Crippen molar-refractivity contribution in [2.75, 3.05) is 13.6 Å². The van der Waals surface area contributed by atoms with Gasteiger partial charge in [-0.2, -0.15) is 0 Å². The van der Waals surface area contributed by atoms with E-state index in [0.717, 1.165) is 44.1 Å². The number of nitrogens with two attached hydrogens (primary N) is 2. The van der Waals surface area contributed by atoms with Crippen molar-refractivity contribution in [1.29, 1.82) is 0 Å². The van der Waals surface area contributed by atoms with Gasteiger partial charge in [-0.05, 0) is 43.9 Å². The van der Waals surface area contributed by atoms with Gasteiger partial charge in [-0.3, -0.25) is 14.5 Å². The molecular formula is C23H43N5O2. The van der Waals surface area contributed by atoms with Crippen LogP contribution in [-0.4, -0.2) is 48.3 Å². The first-order valence-corrected chi connectivity index (χ1v) is 12.0. The predicted octanol–water partition coefficient (Wildman–Crippen LogP) is 2.92. The second kappa shape index (κ2) is 12.9. The fourth-order valence-electron chi connectivity index (χ4n) is 4.74. The lowest BCUT2D eigenvalue weighted by Gasteiger charge is -2.22. The van der Waals surface area contributed by atoms with Gasteiger partial charge in [0.25, 0.3) is 5.91 Å². The summed E-state index contributed by atoms with van der Waals surface area (Å²) in [5, 5.41) is 2.68. The van der Waals surface area contributed by atoms with Crippen LogP contribution in [0.25, 0.3) is 0 Å². The number of amides is 2. The van der Waals surface area contributed by atoms with Crippen molar-refractivity contribution < 1.29 is 9.59 Å². The Morgan fingerprint density at radius 1 is 1.03 bits per heavy atom. The number of hydrogen-bond acceptors (Lipinski definition) is 5. The molecule has 0 aromatic heterocycles. The lowest BCUT2D eigenvalue weighted by Crippen LogP contribution is -2.35. The maximum absolute atomic E-state index is 11.7. The van der Waals surface area contributed by atoms with Crippen molar-refractivity contribution in [3.05, 3.63) is 0 Å². The van der Waals surface area contributed by atoms with Crippen LogP contribution in [0.15, 0.2) is 4.99 Å². The number of aliphatic imine (C=N–C) groups is 1. The van der Waals surface area contributed by atoms with Crippen LogP contribution in [-0.2, 0) is 9.59 Å². The Balaban J connectivity index is 0.000000189. The Hall–Kier alpha value is -1.63. The van der Waals surface area contributed by atoms with E-state index in [9.17, 15) is 9.59 Å². The second-order valence-electron chi connectivity index (χ2n) is 9.47. The largest absolute Gasteiger partial charge is 0.369 e. The molecule has 2 saturated carbocycles. The summed E-state index contributed by atoms with van der Waals surface area (Å²) in [5.74, 6) is 2.34. The third-order valence-corrected chi connectivity index (χ3v) is 6.70. The highest BCUT2D eigenvalue weighted by Crippen LogP contribution is 2.28. The topological polar surface area (TPSA) is 114 Å². The van der Waals surface area contributed by atoms with Crippen LogP contribution in [0, 0.1) is 11.8 Å². The maximum Gasteiger partial charge on any atom is 0.253 e. The average molecular weight is 422 g/mol. The molecule has 2 aliphatic carbocycles. The molecule has 0 aromatic rings. The molecule has 0 spiro atoms. The minimum atomic E-state index is -0.202. The quantitative estimate of drug-likeness (QED) is 0.650. The second-order valence-corrected chi connectivity index (χ2v) is 9.47. The molecule has 2 amide bonds. The molecule has 172 valence electrons. The number of hydrogen-bond donors (Lipinski definition) is 3. The molecule has 3 atom stereocenters. The van der Waals surface area contributed by atoms with Crippen molar-refractivity contribution in [3.8, 4) is 0 Å². The summed E-state index contributed by atoms with van der Waals surface area (Å²) in [6.45, 7) is 3.18. The summed E-state index contributed by atoms with van der Waals surface area (Å²) in [5.41, 5.74) is 11.3. The number of carbonyl (C=O) groups is 2. The first kappa shape index (κ1) is 24.6. The summed E-state index contributed by atoms with van der Waals surface area (Å²) in [6.07, 6.45) is 15.8. The predicted molar refractivity (Wildman–Crippen MR) is 122 cm³/mol. The number of likely N-dealkylation sites (N-methyl/N-ethyl adjacent to an activating group) is 1. The van der Waals surface area contributed by atoms with Crippen LogP contribution in [0.5, 0.6) is 0 Å². The number of nitrogens with one attached hydrogen (secondary N) is 1. The van der Waals surface area contributed by atoms with E-state index >= 15 is 0 Å². The van der Waals surface area contributed by atoms with Crippen LogP contribution < -0.4 is 16.8 Å². The number of nitrogens with zero attached hydrogens (tertiary/aromatic N) is 2. The summed E-state index contributed by atoms with van der Waals surface area (Å²) in [7, 11) is 1.70. The smallest absolute Gasteiger partial charge is 0.253 e. The van der Waals surface area contributed by atoms with E-state index < -0.39 is 0 Å². The minimum absolute atomic E-state index is 0.0632. The highest BCUT2D eigenvalue weighted by atomic mass is 16.2. The molecule has 7 nitrogen and oxygen atoms in total. The molecule has 5 N–H and O–H groups in total. The third kappa shape index (κ3) is 8.62. The molecule has 4 rings (SSSR count). The lowest BCUT2D eigenvalue weighted by atomic mass is 9.85. The summed E-state index contributed by atoms with van der Waals surface area (Å²) < 4.78 is 0. The van der Waals surface area contributed by atoms with Crippen LogP contribution >= 0.6 is 0 Å². The Morgan fingerprint density at radius 2 is 1.77 bits per heavy atom. The highest BCUT2D eigenvalue weighted by molar-refractivity contribution is 6.03. The van der Waals surface area contributed by atoms with Gasteiger partial charge in [0.1, 0.15) is 6.04 Å². The number of rotatable bonds is 3. The molecule has 3 fully saturated rings. The van der Waals surface area contributed by atoms with E-state index in [1.54, 1.807) is 7.05 Å². The minimum Gasteiger partial charge on any atom is -0.369 e. The van der Waals surface area contributed by atoms with E-state index in [0.29, 0.717) is 12.0 Å². The molecule has 2 heterocycles. The summed E-state index contributed by atoms with van der Waals surface area (Å²) in [6, 6.07) is 0.311. The fraction of sp³-hybridized carbons (Fsp3) is 0.870. The van der Waals surface area contributed by atoms with Gasteiger partial charge in [-0.15, -0.1) is 0 Å². The zero-order valence-corrected chi connectivity index (χ0v) is 19.1. The highest BCUT2D eigenvalue weighted by Gasteiger charge is 2.30. The van der Waals surface area contributed by atoms with Gasteiger partial charge in [0, 0.05) is 26.1 Å². The molecule has 4 aliphatic rings. The molecule has 0 bridgehead atoms. The molecule has 0 radical (unpaired) electrons. The van der Waals surface area contributed by atoms with E-state index in [-0.39, 0.29) is 17.9 Å². The first-order valence-electron chi connectivity index (χ1n) is 12.0. The van der Waals surface area contributed by atoms with Gasteiger partial charge >= 0.3 is 0 Å². The fourth-order valence-corrected chi connectivity index (χ4v) is 4.74. The van der Waals surface area contributed by atoms with Crippen LogP contribution in [0.3, 0.4) is 0 Å². The molecule has 2 aliphatic heterocycles. The van der Waals surface area contributed by atoms with Gasteiger partial charge < -0.3 is 16.8 Å². The molecule has 1 saturated heterocycles. The lowest BCUT2D eigenvalue weighted by molar-refractivity contribution is -0.126. The van der Waals surface area contributed by atoms with Gasteiger partial charge in [0.15, 0.2) is 5.96 Å². The molecule has 7 heteroatoms. The monoisotopic (exact) mass is 421 g/mol. The van der Waals surface area contributed by atoms with Crippen LogP contribution in [0.2, 0.25) is 0 Å². The van der Waals surface area contributed by atoms with Crippen molar-refractivity contribution in [1.82, 2.24) is 10.2 Å². The van der Waals surface area contributed by atoms with Crippen molar-refractivity contribution >= 4 is 17.8 Å². The number of carbonyl (C=O) groups excluding carboxylic acids is 2. The molecule has 3 unspecified atom stereocenters. The molecule has 0 aromatic carbocycles. The van der Waals surface area contributed by atoms with E-state index in [2.05, 4.69) is 17.2 Å². The Labute approximate surface area is 182 Å². The number of guanidine groups is 1. The normalized spacial score (nSPS) is 29.4. The van der Waals surface area contributed by atoms with Gasteiger partial charge in [0.2, 0.25) is 5.91 Å². The van der Waals surface area contributed by atoms with Gasteiger partial charge in [0.05, 0.1) is 0 Å². The van der Waals surface area contributed by atoms with Crippen LogP contribution in [0.4, 0.5) is 0 Å². The Morgan fingerprint density at radius 3 is 2.20 bits per heavy atom. The van der Waals surface area contributed by atoms with Crippen molar-refractivity contribution in [3.63, 3.8) is 0 Å². The zero-order chi connectivity index (χ0) is 21.9. The maximum atomic E-state index is 11.7. The van der Waals surface area contributed by atoms with E-state index in [1.807, 2.05) is 0 Å².